The van der Waals surface area contributed by atoms with Crippen LogP contribution in [-0.2, 0) is 11.8 Å². The molecule has 15 heavy (non-hydrogen) atoms. The van der Waals surface area contributed by atoms with Crippen molar-refractivity contribution in [3.63, 3.8) is 0 Å². The molecule has 1 aromatic rings. The van der Waals surface area contributed by atoms with Crippen molar-refractivity contribution in [2.24, 2.45) is 13.0 Å². The Hall–Kier alpha value is -1.52. The molecule has 0 aliphatic rings. The summed E-state index contributed by atoms with van der Waals surface area (Å²) < 4.78 is 6.48. The molecule has 5 nitrogen and oxygen atoms in total. The van der Waals surface area contributed by atoms with Crippen molar-refractivity contribution in [1.82, 2.24) is 14.9 Å². The lowest BCUT2D eigenvalue weighted by Gasteiger charge is -2.21. The van der Waals surface area contributed by atoms with E-state index in [1.54, 1.807) is 12.5 Å². The van der Waals surface area contributed by atoms with Crippen LogP contribution in [0.1, 0.15) is 25.6 Å². The lowest BCUT2D eigenvalue weighted by molar-refractivity contribution is 0.162. The second-order valence-corrected chi connectivity index (χ2v) is 3.79. The SMILES string of the molecule is COC(=O)NC(c1cncn1C)C(C)C. The molecule has 1 atom stereocenters. The van der Waals surface area contributed by atoms with Crippen molar-refractivity contribution in [3.05, 3.63) is 18.2 Å². The fourth-order valence-corrected chi connectivity index (χ4v) is 1.44. The van der Waals surface area contributed by atoms with Crippen LogP contribution >= 0.6 is 0 Å². The van der Waals surface area contributed by atoms with Crippen LogP contribution in [0.3, 0.4) is 0 Å². The number of methoxy groups -OCH3 is 1. The molecular weight excluding hydrogens is 194 g/mol. The second-order valence-electron chi connectivity index (χ2n) is 3.79. The van der Waals surface area contributed by atoms with Crippen molar-refractivity contribution in [1.29, 1.82) is 0 Å². The van der Waals surface area contributed by atoms with E-state index in [1.165, 1.54) is 7.11 Å². The van der Waals surface area contributed by atoms with Gasteiger partial charge in [-0.15, -0.1) is 0 Å². The number of carbonyl (C=O) groups is 1. The van der Waals surface area contributed by atoms with Crippen LogP contribution in [0.2, 0.25) is 0 Å². The third-order valence-corrected chi connectivity index (χ3v) is 2.30. The van der Waals surface area contributed by atoms with Gasteiger partial charge in [0.1, 0.15) is 0 Å². The van der Waals surface area contributed by atoms with Crippen LogP contribution in [0.25, 0.3) is 0 Å². The number of nitrogens with zero attached hydrogens (tertiary/aromatic N) is 2. The largest absolute Gasteiger partial charge is 0.453 e. The Labute approximate surface area is 89.4 Å². The van der Waals surface area contributed by atoms with Gasteiger partial charge in [0, 0.05) is 7.05 Å². The molecule has 0 bridgehead atoms. The van der Waals surface area contributed by atoms with E-state index in [-0.39, 0.29) is 12.0 Å². The Morgan fingerprint density at radius 2 is 2.27 bits per heavy atom. The van der Waals surface area contributed by atoms with Gasteiger partial charge >= 0.3 is 6.09 Å². The van der Waals surface area contributed by atoms with E-state index in [0.29, 0.717) is 0 Å². The zero-order chi connectivity index (χ0) is 11.4. The first-order chi connectivity index (χ1) is 7.06. The van der Waals surface area contributed by atoms with Gasteiger partial charge < -0.3 is 14.6 Å². The molecule has 0 aliphatic heterocycles. The number of ether oxygens (including phenoxy) is 1. The minimum absolute atomic E-state index is 0.0788. The predicted octanol–water partition coefficient (Wildman–Crippen LogP) is 1.47. The van der Waals surface area contributed by atoms with Crippen molar-refractivity contribution < 1.29 is 9.53 Å². The average molecular weight is 211 g/mol. The zero-order valence-electron chi connectivity index (χ0n) is 9.52. The highest BCUT2D eigenvalue weighted by Crippen LogP contribution is 2.20. The first-order valence-corrected chi connectivity index (χ1v) is 4.87. The first kappa shape index (κ1) is 11.6. The summed E-state index contributed by atoms with van der Waals surface area (Å²) in [6, 6.07) is -0.0788. The summed E-state index contributed by atoms with van der Waals surface area (Å²) in [4.78, 5) is 15.2. The number of aryl methyl sites for hydroxylation is 1. The van der Waals surface area contributed by atoms with Gasteiger partial charge in [0.15, 0.2) is 0 Å². The summed E-state index contributed by atoms with van der Waals surface area (Å²) >= 11 is 0. The number of hydrogen-bond acceptors (Lipinski definition) is 3. The van der Waals surface area contributed by atoms with E-state index in [2.05, 4.69) is 15.0 Å². The van der Waals surface area contributed by atoms with Gasteiger partial charge in [-0.1, -0.05) is 13.8 Å². The van der Waals surface area contributed by atoms with Crippen molar-refractivity contribution >= 4 is 6.09 Å². The third kappa shape index (κ3) is 2.71. The van der Waals surface area contributed by atoms with E-state index < -0.39 is 6.09 Å². The average Bonchev–Trinajstić information content (AvgIpc) is 2.60. The Morgan fingerprint density at radius 1 is 1.60 bits per heavy atom. The van der Waals surface area contributed by atoms with Gasteiger partial charge in [0.2, 0.25) is 0 Å². The van der Waals surface area contributed by atoms with Gasteiger partial charge in [-0.3, -0.25) is 0 Å². The van der Waals surface area contributed by atoms with E-state index in [1.807, 2.05) is 25.5 Å². The molecule has 0 fully saturated rings. The Morgan fingerprint density at radius 3 is 2.67 bits per heavy atom. The van der Waals surface area contributed by atoms with Crippen LogP contribution < -0.4 is 5.32 Å². The maximum atomic E-state index is 11.2. The topological polar surface area (TPSA) is 56.1 Å². The molecule has 5 heteroatoms. The van der Waals surface area contributed by atoms with Crippen molar-refractivity contribution in [2.75, 3.05) is 7.11 Å². The van der Waals surface area contributed by atoms with E-state index in [0.717, 1.165) is 5.69 Å². The number of hydrogen-bond donors (Lipinski definition) is 1. The highest BCUT2D eigenvalue weighted by Gasteiger charge is 2.20. The quantitative estimate of drug-likeness (QED) is 0.823. The number of amides is 1. The molecule has 0 aromatic carbocycles. The molecule has 1 rings (SSSR count). The molecule has 1 N–H and O–H groups in total. The van der Waals surface area contributed by atoms with Crippen LogP contribution in [0.15, 0.2) is 12.5 Å². The minimum atomic E-state index is -0.421. The number of rotatable bonds is 3. The van der Waals surface area contributed by atoms with Gasteiger partial charge in [-0.2, -0.15) is 0 Å². The number of imidazole rings is 1. The molecule has 0 aliphatic carbocycles. The fraction of sp³-hybridized carbons (Fsp3) is 0.600. The highest BCUT2D eigenvalue weighted by atomic mass is 16.5. The monoisotopic (exact) mass is 211 g/mol. The molecule has 0 saturated carbocycles. The van der Waals surface area contributed by atoms with Crippen LogP contribution in [-0.4, -0.2) is 22.8 Å². The van der Waals surface area contributed by atoms with Gasteiger partial charge in [0.05, 0.1) is 31.4 Å². The van der Waals surface area contributed by atoms with Gasteiger partial charge in [-0.05, 0) is 5.92 Å². The van der Waals surface area contributed by atoms with Crippen LogP contribution in [0.5, 0.6) is 0 Å². The molecule has 1 unspecified atom stereocenters. The van der Waals surface area contributed by atoms with Crippen molar-refractivity contribution in [3.8, 4) is 0 Å². The molecule has 1 aromatic heterocycles. The minimum Gasteiger partial charge on any atom is -0.453 e. The molecule has 1 amide bonds. The highest BCUT2D eigenvalue weighted by molar-refractivity contribution is 5.67. The normalized spacial score (nSPS) is 12.6. The van der Waals surface area contributed by atoms with Crippen molar-refractivity contribution in [2.45, 2.75) is 19.9 Å². The van der Waals surface area contributed by atoms with Crippen LogP contribution in [0.4, 0.5) is 4.79 Å². The smallest absolute Gasteiger partial charge is 0.407 e. The lowest BCUT2D eigenvalue weighted by Crippen LogP contribution is -2.32. The lowest BCUT2D eigenvalue weighted by atomic mass is 10.0. The maximum Gasteiger partial charge on any atom is 0.407 e. The van der Waals surface area contributed by atoms with E-state index in [4.69, 9.17) is 0 Å². The van der Waals surface area contributed by atoms with E-state index >= 15 is 0 Å². The standard InChI is InChI=1S/C10H17N3O2/c1-7(2)9(12-10(14)15-4)8-5-11-6-13(8)3/h5-7,9H,1-4H3,(H,12,14). The maximum absolute atomic E-state index is 11.2. The van der Waals surface area contributed by atoms with Crippen LogP contribution in [0, 0.1) is 5.92 Å². The molecule has 0 radical (unpaired) electrons. The number of nitrogens with one attached hydrogen (secondary N) is 1. The number of carbonyl (C=O) groups excluding carboxylic acids is 1. The Balaban J connectivity index is 2.84. The summed E-state index contributed by atoms with van der Waals surface area (Å²) in [5.41, 5.74) is 0.968. The third-order valence-electron chi connectivity index (χ3n) is 2.30. The molecule has 0 saturated heterocycles. The zero-order valence-corrected chi connectivity index (χ0v) is 9.52. The molecular formula is C10H17N3O2. The van der Waals surface area contributed by atoms with Gasteiger partial charge in [0.25, 0.3) is 0 Å². The number of alkyl carbamates (subject to hydrolysis) is 1. The van der Waals surface area contributed by atoms with E-state index in [9.17, 15) is 4.79 Å². The summed E-state index contributed by atoms with van der Waals surface area (Å²) in [5, 5.41) is 2.79. The summed E-state index contributed by atoms with van der Waals surface area (Å²) in [6.07, 6.45) is 3.04. The summed E-state index contributed by atoms with van der Waals surface area (Å²) in [7, 11) is 3.26. The summed E-state index contributed by atoms with van der Waals surface area (Å²) in [5.74, 6) is 0.277. The Kier molecular flexibility index (Phi) is 3.71. The molecule has 84 valence electrons. The Bertz CT molecular complexity index is 333. The molecule has 0 spiro atoms. The molecule has 1 heterocycles. The summed E-state index contributed by atoms with van der Waals surface area (Å²) in [6.45, 7) is 4.07. The second kappa shape index (κ2) is 4.82. The first-order valence-electron chi connectivity index (χ1n) is 4.87. The predicted molar refractivity (Wildman–Crippen MR) is 56.3 cm³/mol. The number of aromatic nitrogens is 2. The fourth-order valence-electron chi connectivity index (χ4n) is 1.44. The van der Waals surface area contributed by atoms with Gasteiger partial charge in [-0.25, -0.2) is 9.78 Å².